The predicted molar refractivity (Wildman–Crippen MR) is 145 cm³/mol. The Morgan fingerprint density at radius 1 is 1.08 bits per heavy atom. The maximum absolute atomic E-state index is 13.5. The summed E-state index contributed by atoms with van der Waals surface area (Å²) in [5.41, 5.74) is 5.16. The van der Waals surface area contributed by atoms with Crippen molar-refractivity contribution in [2.75, 3.05) is 23.9 Å². The van der Waals surface area contributed by atoms with E-state index in [1.807, 2.05) is 48.2 Å². The fourth-order valence-corrected chi connectivity index (χ4v) is 4.61. The normalized spacial score (nSPS) is 12.9. The van der Waals surface area contributed by atoms with Gasteiger partial charge in [0.2, 0.25) is 0 Å². The van der Waals surface area contributed by atoms with Crippen LogP contribution in [0.1, 0.15) is 51.9 Å². The van der Waals surface area contributed by atoms with Gasteiger partial charge in [-0.2, -0.15) is 0 Å². The smallest absolute Gasteiger partial charge is 0.259 e. The number of fused-ring (bicyclic) bond motifs is 2. The molecule has 0 radical (unpaired) electrons. The number of hydrogen-bond acceptors (Lipinski definition) is 4. The monoisotopic (exact) mass is 504 g/mol. The van der Waals surface area contributed by atoms with Crippen LogP contribution in [0.4, 0.5) is 11.4 Å². The molecule has 3 aromatic carbocycles. The third kappa shape index (κ3) is 4.79. The highest BCUT2D eigenvalue weighted by Crippen LogP contribution is 2.30. The quantitative estimate of drug-likeness (QED) is 0.360. The van der Waals surface area contributed by atoms with Gasteiger partial charge in [-0.25, -0.2) is 4.98 Å². The Hall–Kier alpha value is -3.84. The number of carbonyl (C=O) groups is 2. The number of nitrogens with one attached hydrogen (secondary N) is 2. The Morgan fingerprint density at radius 2 is 1.92 bits per heavy atom. The number of hydrogen-bond donors (Lipinski definition) is 2. The number of aryl methyl sites for hydroxylation is 2. The number of aromatic amines is 1. The third-order valence-corrected chi connectivity index (χ3v) is 6.44. The van der Waals surface area contributed by atoms with Crippen LogP contribution in [0.15, 0.2) is 60.7 Å². The number of ether oxygens (including phenoxy) is 1. The summed E-state index contributed by atoms with van der Waals surface area (Å²) in [5, 5.41) is 2.95. The fraction of sp³-hybridized carbons (Fsp3) is 0.250. The largest absolute Gasteiger partial charge is 0.496 e. The van der Waals surface area contributed by atoms with Crippen molar-refractivity contribution in [2.24, 2.45) is 0 Å². The Labute approximate surface area is 216 Å². The molecule has 0 spiro atoms. The van der Waals surface area contributed by atoms with Crippen molar-refractivity contribution < 1.29 is 14.3 Å². The number of imidazole rings is 1. The molecule has 0 saturated carbocycles. The van der Waals surface area contributed by atoms with Crippen LogP contribution in [-0.2, 0) is 12.8 Å². The van der Waals surface area contributed by atoms with E-state index < -0.39 is 0 Å². The molecule has 1 aromatic heterocycles. The highest BCUT2D eigenvalue weighted by Gasteiger charge is 2.24. The second kappa shape index (κ2) is 10.8. The Kier molecular flexibility index (Phi) is 7.60. The molecule has 1 aliphatic heterocycles. The molecule has 2 N–H and O–H groups in total. The zero-order valence-electron chi connectivity index (χ0n) is 20.3. The molecule has 186 valence electrons. The third-order valence-electron chi connectivity index (χ3n) is 6.44. The Morgan fingerprint density at radius 3 is 2.72 bits per heavy atom. The van der Waals surface area contributed by atoms with E-state index in [1.165, 1.54) is 12.7 Å². The van der Waals surface area contributed by atoms with Crippen molar-refractivity contribution in [3.8, 4) is 5.75 Å². The van der Waals surface area contributed by atoms with E-state index in [4.69, 9.17) is 4.74 Å². The molecule has 0 bridgehead atoms. The first-order valence-electron chi connectivity index (χ1n) is 12.0. The molecule has 0 saturated heterocycles. The molecule has 0 fully saturated rings. The minimum Gasteiger partial charge on any atom is -0.496 e. The van der Waals surface area contributed by atoms with Crippen molar-refractivity contribution in [3.63, 3.8) is 0 Å². The lowest BCUT2D eigenvalue weighted by atomic mass is 10.1. The van der Waals surface area contributed by atoms with Gasteiger partial charge in [-0.3, -0.25) is 9.59 Å². The van der Waals surface area contributed by atoms with Crippen LogP contribution >= 0.6 is 12.4 Å². The lowest BCUT2D eigenvalue weighted by Gasteiger charge is -2.23. The van der Waals surface area contributed by atoms with Crippen molar-refractivity contribution in [1.29, 1.82) is 0 Å². The molecule has 8 heteroatoms. The van der Waals surface area contributed by atoms with Gasteiger partial charge in [-0.1, -0.05) is 31.2 Å². The van der Waals surface area contributed by atoms with E-state index in [2.05, 4.69) is 21.4 Å². The summed E-state index contributed by atoms with van der Waals surface area (Å²) in [4.78, 5) is 36.3. The molecule has 0 atom stereocenters. The van der Waals surface area contributed by atoms with Gasteiger partial charge in [0.25, 0.3) is 11.8 Å². The average molecular weight is 505 g/mol. The van der Waals surface area contributed by atoms with Gasteiger partial charge in [-0.15, -0.1) is 12.4 Å². The van der Waals surface area contributed by atoms with Gasteiger partial charge in [0.05, 0.1) is 23.9 Å². The number of rotatable bonds is 5. The number of benzene rings is 3. The van der Waals surface area contributed by atoms with Gasteiger partial charge in [-0.05, 0) is 61.2 Å². The molecule has 1 aliphatic rings. The summed E-state index contributed by atoms with van der Waals surface area (Å²) in [6.45, 7) is 2.68. The van der Waals surface area contributed by atoms with Crippen LogP contribution in [0, 0.1) is 0 Å². The summed E-state index contributed by atoms with van der Waals surface area (Å²) in [5.74, 6) is 0.782. The van der Waals surface area contributed by atoms with Gasteiger partial charge in [0.1, 0.15) is 17.1 Å². The summed E-state index contributed by atoms with van der Waals surface area (Å²) >= 11 is 0. The molecule has 0 unspecified atom stereocenters. The molecular formula is C28H29ClN4O3. The molecular weight excluding hydrogens is 476 g/mol. The average Bonchev–Trinajstić information content (AvgIpc) is 3.21. The molecule has 36 heavy (non-hydrogen) atoms. The second-order valence-electron chi connectivity index (χ2n) is 8.65. The summed E-state index contributed by atoms with van der Waals surface area (Å²) in [7, 11) is 1.50. The van der Waals surface area contributed by atoms with Crippen LogP contribution in [0.2, 0.25) is 0 Å². The van der Waals surface area contributed by atoms with E-state index in [1.54, 1.807) is 18.2 Å². The zero-order valence-corrected chi connectivity index (χ0v) is 21.2. The van der Waals surface area contributed by atoms with Crippen LogP contribution in [0.25, 0.3) is 11.0 Å². The first kappa shape index (κ1) is 25.3. The molecule has 7 nitrogen and oxygen atoms in total. The maximum Gasteiger partial charge on any atom is 0.259 e. The van der Waals surface area contributed by atoms with E-state index in [-0.39, 0.29) is 24.2 Å². The highest BCUT2D eigenvalue weighted by atomic mass is 35.5. The molecule has 2 amide bonds. The summed E-state index contributed by atoms with van der Waals surface area (Å²) in [6, 6.07) is 18.7. The lowest BCUT2D eigenvalue weighted by molar-refractivity contribution is 0.0982. The van der Waals surface area contributed by atoms with Gasteiger partial charge < -0.3 is 19.9 Å². The lowest BCUT2D eigenvalue weighted by Crippen LogP contribution is -2.31. The Bertz CT molecular complexity index is 1420. The minimum absolute atomic E-state index is 0. The van der Waals surface area contributed by atoms with E-state index in [0.29, 0.717) is 34.6 Å². The number of H-pyrrole nitrogens is 1. The van der Waals surface area contributed by atoms with E-state index >= 15 is 0 Å². The number of halogens is 1. The van der Waals surface area contributed by atoms with Crippen molar-refractivity contribution in [2.45, 2.75) is 32.6 Å². The fourth-order valence-electron chi connectivity index (χ4n) is 4.61. The van der Waals surface area contributed by atoms with Crippen molar-refractivity contribution in [3.05, 3.63) is 83.2 Å². The van der Waals surface area contributed by atoms with Gasteiger partial charge in [0.15, 0.2) is 0 Å². The highest BCUT2D eigenvalue weighted by molar-refractivity contribution is 6.11. The number of para-hydroxylation sites is 2. The van der Waals surface area contributed by atoms with Crippen LogP contribution in [-0.4, -0.2) is 35.4 Å². The standard InChI is InChI=1S/C28H28N4O3.ClH/c1-3-25-29-21-11-8-12-22(26(21)31-25)30-27(33)20-15-14-19(17-24(20)35-2)28(34)32-16-7-6-10-18-9-4-5-13-23(18)32;/h4-5,8-9,11-15,17H,3,6-7,10,16H2,1-2H3,(H,29,31)(H,30,33);1H. The first-order valence-corrected chi connectivity index (χ1v) is 12.0. The SMILES string of the molecule is CCc1nc2c(NC(=O)c3ccc(C(=O)N4CCCCc5ccccc54)cc3OC)cccc2[nH]1.Cl. The van der Waals surface area contributed by atoms with E-state index in [0.717, 1.165) is 42.7 Å². The first-order chi connectivity index (χ1) is 17.1. The molecule has 5 rings (SSSR count). The Balaban J connectivity index is 0.00000304. The van der Waals surface area contributed by atoms with Gasteiger partial charge >= 0.3 is 0 Å². The van der Waals surface area contributed by atoms with Crippen LogP contribution in [0.5, 0.6) is 5.75 Å². The zero-order chi connectivity index (χ0) is 24.4. The second-order valence-corrected chi connectivity index (χ2v) is 8.65. The van der Waals surface area contributed by atoms with Gasteiger partial charge in [0, 0.05) is 24.2 Å². The number of anilines is 2. The predicted octanol–water partition coefficient (Wildman–Crippen LogP) is 5.79. The van der Waals surface area contributed by atoms with Crippen molar-refractivity contribution >= 4 is 46.6 Å². The minimum atomic E-state index is -0.325. The van der Waals surface area contributed by atoms with Crippen molar-refractivity contribution in [1.82, 2.24) is 9.97 Å². The number of aromatic nitrogens is 2. The number of nitrogens with zero attached hydrogens (tertiary/aromatic N) is 2. The number of carbonyl (C=O) groups excluding carboxylic acids is 2. The van der Waals surface area contributed by atoms with E-state index in [9.17, 15) is 9.59 Å². The number of methoxy groups -OCH3 is 1. The maximum atomic E-state index is 13.5. The number of amides is 2. The molecule has 4 aromatic rings. The summed E-state index contributed by atoms with van der Waals surface area (Å²) < 4.78 is 5.53. The topological polar surface area (TPSA) is 87.3 Å². The van der Waals surface area contributed by atoms with Crippen LogP contribution in [0.3, 0.4) is 0 Å². The molecule has 2 heterocycles. The molecule has 0 aliphatic carbocycles. The summed E-state index contributed by atoms with van der Waals surface area (Å²) in [6.07, 6.45) is 3.72. The van der Waals surface area contributed by atoms with Crippen LogP contribution < -0.4 is 15.0 Å².